The van der Waals surface area contributed by atoms with Crippen LogP contribution in [0.25, 0.3) is 34.3 Å². The molecule has 13 heteroatoms. The van der Waals surface area contributed by atoms with Crippen LogP contribution in [0.15, 0.2) is 57.6 Å². The number of amides is 1. The van der Waals surface area contributed by atoms with E-state index in [1.807, 2.05) is 0 Å². The number of nitrogens with zero attached hydrogens (tertiary/aromatic N) is 3. The van der Waals surface area contributed by atoms with Gasteiger partial charge in [0.05, 0.1) is 6.04 Å². The number of nitrogens with one attached hydrogen (secondary N) is 1. The third-order valence-corrected chi connectivity index (χ3v) is 5.34. The number of rotatable bonds is 4. The van der Waals surface area contributed by atoms with Crippen molar-refractivity contribution in [3.8, 4) is 40.0 Å². The summed E-state index contributed by atoms with van der Waals surface area (Å²) >= 11 is 0. The zero-order valence-electron chi connectivity index (χ0n) is 17.5. The number of ether oxygens (including phenoxy) is 1. The number of hydrogen-bond acceptors (Lipinski definition) is 8. The third kappa shape index (κ3) is 4.17. The first-order valence-electron chi connectivity index (χ1n) is 10.1. The van der Waals surface area contributed by atoms with E-state index in [-0.39, 0.29) is 23.7 Å². The van der Waals surface area contributed by atoms with Gasteiger partial charge < -0.3 is 29.3 Å². The molecule has 1 aliphatic rings. The van der Waals surface area contributed by atoms with E-state index >= 15 is 0 Å². The van der Waals surface area contributed by atoms with Crippen molar-refractivity contribution in [2.75, 3.05) is 6.61 Å². The molecule has 35 heavy (non-hydrogen) atoms. The number of aliphatic hydroxyl groups excluding tert-OH is 1. The van der Waals surface area contributed by atoms with Crippen LogP contribution >= 0.6 is 0 Å². The fourth-order valence-corrected chi connectivity index (χ4v) is 3.73. The van der Waals surface area contributed by atoms with Crippen molar-refractivity contribution in [1.82, 2.24) is 20.6 Å². The minimum absolute atomic E-state index is 0.0579. The van der Waals surface area contributed by atoms with E-state index in [1.54, 1.807) is 18.2 Å². The van der Waals surface area contributed by atoms with Gasteiger partial charge in [-0.25, -0.2) is 4.79 Å². The van der Waals surface area contributed by atoms with Gasteiger partial charge in [-0.2, -0.15) is 18.2 Å². The number of aliphatic hydroxyl groups is 1. The standard InChI is InChI=1S/C22H15F3N4O6/c23-22(24,25)15-16(10-4-2-1-3-5-10)28-34-18(15)20-27-19(29-35-20)11-6-7-12-14(8-11)33-9-13(17(12)30)26-21(31)32/h1-8,13,17,26,30H,9H2,(H,31,32)/t13-,17+/m0/s1. The van der Waals surface area contributed by atoms with Gasteiger partial charge in [-0.15, -0.1) is 0 Å². The van der Waals surface area contributed by atoms with Crippen molar-refractivity contribution in [3.05, 3.63) is 59.7 Å². The summed E-state index contributed by atoms with van der Waals surface area (Å²) < 4.78 is 57.3. The molecule has 0 bridgehead atoms. The van der Waals surface area contributed by atoms with Crippen LogP contribution in [0.2, 0.25) is 0 Å². The highest BCUT2D eigenvalue weighted by atomic mass is 19.4. The normalized spacial score (nSPS) is 17.5. The van der Waals surface area contributed by atoms with Crippen molar-refractivity contribution in [2.24, 2.45) is 0 Å². The monoisotopic (exact) mass is 488 g/mol. The largest absolute Gasteiger partial charge is 0.491 e. The van der Waals surface area contributed by atoms with Gasteiger partial charge in [-0.1, -0.05) is 52.8 Å². The molecule has 2 aromatic carbocycles. The molecule has 0 spiro atoms. The Bertz CT molecular complexity index is 1390. The maximum atomic E-state index is 13.9. The highest BCUT2D eigenvalue weighted by Gasteiger charge is 2.43. The fourth-order valence-electron chi connectivity index (χ4n) is 3.73. The number of alkyl halides is 3. The van der Waals surface area contributed by atoms with Crippen LogP contribution in [-0.4, -0.2) is 44.3 Å². The van der Waals surface area contributed by atoms with Gasteiger partial charge >= 0.3 is 12.3 Å². The Labute approximate surface area is 193 Å². The smallest absolute Gasteiger partial charge is 0.422 e. The van der Waals surface area contributed by atoms with Crippen LogP contribution in [0.5, 0.6) is 5.75 Å². The average Bonchev–Trinajstić information content (AvgIpc) is 3.48. The summed E-state index contributed by atoms with van der Waals surface area (Å²) in [5.74, 6) is -1.06. The van der Waals surface area contributed by atoms with Crippen molar-refractivity contribution in [1.29, 1.82) is 0 Å². The number of aromatic nitrogens is 3. The summed E-state index contributed by atoms with van der Waals surface area (Å²) in [7, 11) is 0. The number of hydrogen-bond donors (Lipinski definition) is 3. The Kier molecular flexibility index (Phi) is 5.40. The molecular weight excluding hydrogens is 473 g/mol. The van der Waals surface area contributed by atoms with Crippen LogP contribution in [-0.2, 0) is 6.18 Å². The second-order valence-electron chi connectivity index (χ2n) is 7.59. The molecule has 10 nitrogen and oxygen atoms in total. The molecule has 180 valence electrons. The van der Waals surface area contributed by atoms with E-state index in [2.05, 4.69) is 20.6 Å². The van der Waals surface area contributed by atoms with Gasteiger partial charge in [0.1, 0.15) is 29.7 Å². The van der Waals surface area contributed by atoms with Crippen molar-refractivity contribution in [3.63, 3.8) is 0 Å². The first-order chi connectivity index (χ1) is 16.7. The summed E-state index contributed by atoms with van der Waals surface area (Å²) in [5, 5.41) is 28.8. The molecule has 0 aliphatic carbocycles. The average molecular weight is 488 g/mol. The van der Waals surface area contributed by atoms with Gasteiger partial charge in [-0.3, -0.25) is 0 Å². The van der Waals surface area contributed by atoms with Crippen LogP contribution in [0.4, 0.5) is 18.0 Å². The number of carboxylic acid groups (broad SMARTS) is 1. The van der Waals surface area contributed by atoms with E-state index in [0.29, 0.717) is 11.1 Å². The Morgan fingerprint density at radius 2 is 1.83 bits per heavy atom. The quantitative estimate of drug-likeness (QED) is 0.386. The lowest BCUT2D eigenvalue weighted by molar-refractivity contribution is -0.137. The Hall–Kier alpha value is -4.39. The molecule has 1 aliphatic heterocycles. The molecule has 4 aromatic rings. The second-order valence-corrected chi connectivity index (χ2v) is 7.59. The molecule has 3 N–H and O–H groups in total. The maximum Gasteiger partial charge on any atom is 0.422 e. The van der Waals surface area contributed by atoms with E-state index in [1.165, 1.54) is 30.3 Å². The van der Waals surface area contributed by atoms with Gasteiger partial charge in [0.15, 0.2) is 0 Å². The van der Waals surface area contributed by atoms with Gasteiger partial charge in [0.2, 0.25) is 11.6 Å². The van der Waals surface area contributed by atoms with Crippen molar-refractivity contribution < 1.29 is 42.0 Å². The van der Waals surface area contributed by atoms with E-state index in [4.69, 9.17) is 18.9 Å². The van der Waals surface area contributed by atoms with Crippen LogP contribution in [0.3, 0.4) is 0 Å². The van der Waals surface area contributed by atoms with E-state index in [0.717, 1.165) is 0 Å². The summed E-state index contributed by atoms with van der Waals surface area (Å²) in [6.45, 7) is -0.128. The zero-order valence-corrected chi connectivity index (χ0v) is 17.5. The van der Waals surface area contributed by atoms with Crippen LogP contribution < -0.4 is 10.1 Å². The maximum absolute atomic E-state index is 13.9. The predicted octanol–water partition coefficient (Wildman–Crippen LogP) is 4.14. The minimum Gasteiger partial charge on any atom is -0.491 e. The molecule has 2 atom stereocenters. The number of halogens is 3. The predicted molar refractivity (Wildman–Crippen MR) is 111 cm³/mol. The molecule has 5 rings (SSSR count). The Morgan fingerprint density at radius 1 is 1.06 bits per heavy atom. The molecule has 1 amide bonds. The van der Waals surface area contributed by atoms with Gasteiger partial charge in [-0.05, 0) is 6.07 Å². The molecule has 0 radical (unpaired) electrons. The molecule has 2 aromatic heterocycles. The first-order valence-corrected chi connectivity index (χ1v) is 10.1. The molecule has 3 heterocycles. The lowest BCUT2D eigenvalue weighted by Crippen LogP contribution is -2.45. The Morgan fingerprint density at radius 3 is 2.54 bits per heavy atom. The first kappa shape index (κ1) is 22.4. The SMILES string of the molecule is O=C(O)N[C@H]1COc2cc(-c3noc(-c4onc(-c5ccccc5)c4C(F)(F)F)n3)ccc2[C@H]1O. The van der Waals surface area contributed by atoms with E-state index in [9.17, 15) is 23.1 Å². The minimum atomic E-state index is -4.81. The fraction of sp³-hybridized carbons (Fsp3) is 0.182. The van der Waals surface area contributed by atoms with Crippen molar-refractivity contribution in [2.45, 2.75) is 18.3 Å². The lowest BCUT2D eigenvalue weighted by atomic mass is 9.97. The molecule has 0 saturated heterocycles. The lowest BCUT2D eigenvalue weighted by Gasteiger charge is -2.30. The topological polar surface area (TPSA) is 144 Å². The van der Waals surface area contributed by atoms with Crippen molar-refractivity contribution >= 4 is 6.09 Å². The van der Waals surface area contributed by atoms with Crippen LogP contribution in [0, 0.1) is 0 Å². The third-order valence-electron chi connectivity index (χ3n) is 5.34. The van der Waals surface area contributed by atoms with Gasteiger partial charge in [0.25, 0.3) is 5.89 Å². The summed E-state index contributed by atoms with van der Waals surface area (Å²) in [4.78, 5) is 14.9. The Balaban J connectivity index is 1.48. The zero-order chi connectivity index (χ0) is 24.7. The number of fused-ring (bicyclic) bond motifs is 1. The summed E-state index contributed by atoms with van der Waals surface area (Å²) in [5.41, 5.74) is -0.700. The van der Waals surface area contributed by atoms with Crippen LogP contribution in [0.1, 0.15) is 17.2 Å². The van der Waals surface area contributed by atoms with Gasteiger partial charge in [0, 0.05) is 16.7 Å². The molecule has 0 saturated carbocycles. The molecule has 0 fully saturated rings. The highest BCUT2D eigenvalue weighted by molar-refractivity contribution is 5.71. The summed E-state index contributed by atoms with van der Waals surface area (Å²) in [6.07, 6.45) is -7.28. The molecule has 0 unspecified atom stereocenters. The van der Waals surface area contributed by atoms with E-state index < -0.39 is 47.3 Å². The summed E-state index contributed by atoms with van der Waals surface area (Å²) in [6, 6.07) is 11.3. The number of benzene rings is 2. The second kappa shape index (κ2) is 8.43. The molecular formula is C22H15F3N4O6. The highest BCUT2D eigenvalue weighted by Crippen LogP contribution is 2.43. The number of carbonyl (C=O) groups is 1.